The van der Waals surface area contributed by atoms with Crippen molar-refractivity contribution in [2.75, 3.05) is 27.9 Å². The van der Waals surface area contributed by atoms with Gasteiger partial charge < -0.3 is 24.8 Å². The standard InChI is InChI=1S/C24H28N2O4/c1-16(19-11-7-9-18-8-5-6-10-20(18)19)25-15-23(27)26-14-17-12-21(28-2)24(30-4)22(13-17)29-3/h5-13,16,25H,14-15H2,1-4H3,(H,26,27)/p+1/t16-/m0/s1. The fraction of sp³-hybridized carbons (Fsp3) is 0.292. The molecule has 0 aliphatic carbocycles. The number of fused-ring (bicyclic) bond motifs is 1. The van der Waals surface area contributed by atoms with Crippen molar-refractivity contribution in [3.63, 3.8) is 0 Å². The molecule has 0 heterocycles. The Labute approximate surface area is 177 Å². The Kier molecular flexibility index (Phi) is 7.14. The molecule has 3 rings (SSSR count). The maximum absolute atomic E-state index is 12.4. The minimum atomic E-state index is -0.0316. The van der Waals surface area contributed by atoms with E-state index in [1.54, 1.807) is 21.3 Å². The molecular weight excluding hydrogens is 380 g/mol. The molecule has 158 valence electrons. The van der Waals surface area contributed by atoms with Gasteiger partial charge in [0.1, 0.15) is 6.04 Å². The second kappa shape index (κ2) is 9.98. The molecule has 0 saturated heterocycles. The fourth-order valence-electron chi connectivity index (χ4n) is 3.57. The average Bonchev–Trinajstić information content (AvgIpc) is 2.79. The molecule has 30 heavy (non-hydrogen) atoms. The Morgan fingerprint density at radius 2 is 1.63 bits per heavy atom. The highest BCUT2D eigenvalue weighted by molar-refractivity contribution is 5.86. The van der Waals surface area contributed by atoms with E-state index in [9.17, 15) is 4.79 Å². The summed E-state index contributed by atoms with van der Waals surface area (Å²) in [5.41, 5.74) is 2.10. The maximum Gasteiger partial charge on any atom is 0.275 e. The van der Waals surface area contributed by atoms with Crippen LogP contribution in [0.4, 0.5) is 0 Å². The molecule has 6 nitrogen and oxygen atoms in total. The van der Waals surface area contributed by atoms with Crippen LogP contribution in [0.3, 0.4) is 0 Å². The van der Waals surface area contributed by atoms with Crippen LogP contribution in [0.1, 0.15) is 24.1 Å². The van der Waals surface area contributed by atoms with Crippen molar-refractivity contribution >= 4 is 16.7 Å². The van der Waals surface area contributed by atoms with Gasteiger partial charge in [0.15, 0.2) is 18.0 Å². The van der Waals surface area contributed by atoms with Crippen LogP contribution in [0.2, 0.25) is 0 Å². The highest BCUT2D eigenvalue weighted by Crippen LogP contribution is 2.38. The minimum Gasteiger partial charge on any atom is -0.493 e. The summed E-state index contributed by atoms with van der Waals surface area (Å²) in [6.07, 6.45) is 0. The third-order valence-electron chi connectivity index (χ3n) is 5.18. The Hall–Kier alpha value is -3.25. The summed E-state index contributed by atoms with van der Waals surface area (Å²) in [5, 5.41) is 7.44. The third kappa shape index (κ3) is 4.83. The second-order valence-corrected chi connectivity index (χ2v) is 7.11. The van der Waals surface area contributed by atoms with Gasteiger partial charge in [0, 0.05) is 12.1 Å². The first kappa shape index (κ1) is 21.5. The molecule has 0 aliphatic heterocycles. The number of rotatable bonds is 9. The van der Waals surface area contributed by atoms with Gasteiger partial charge in [0.25, 0.3) is 5.91 Å². The normalized spacial score (nSPS) is 11.7. The van der Waals surface area contributed by atoms with E-state index >= 15 is 0 Å². The summed E-state index contributed by atoms with van der Waals surface area (Å²) in [4.78, 5) is 12.4. The van der Waals surface area contributed by atoms with E-state index < -0.39 is 0 Å². The molecule has 0 saturated carbocycles. The van der Waals surface area contributed by atoms with Crippen molar-refractivity contribution in [3.8, 4) is 17.2 Å². The summed E-state index contributed by atoms with van der Waals surface area (Å²) in [6.45, 7) is 2.84. The lowest BCUT2D eigenvalue weighted by Gasteiger charge is -2.15. The molecule has 3 aromatic carbocycles. The first-order valence-electron chi connectivity index (χ1n) is 9.94. The van der Waals surface area contributed by atoms with Gasteiger partial charge in [-0.3, -0.25) is 4.79 Å². The summed E-state index contributed by atoms with van der Waals surface area (Å²) < 4.78 is 16.1. The first-order valence-corrected chi connectivity index (χ1v) is 9.94. The number of ether oxygens (including phenoxy) is 3. The molecule has 3 aromatic rings. The van der Waals surface area contributed by atoms with Crippen LogP contribution >= 0.6 is 0 Å². The van der Waals surface area contributed by atoms with E-state index in [1.165, 1.54) is 16.3 Å². The molecule has 6 heteroatoms. The van der Waals surface area contributed by atoms with Crippen LogP contribution in [0.5, 0.6) is 17.2 Å². The van der Waals surface area contributed by atoms with E-state index in [0.29, 0.717) is 30.3 Å². The monoisotopic (exact) mass is 409 g/mol. The molecule has 0 fully saturated rings. The molecule has 0 radical (unpaired) electrons. The van der Waals surface area contributed by atoms with Crippen molar-refractivity contribution in [1.82, 2.24) is 5.32 Å². The van der Waals surface area contributed by atoms with Crippen molar-refractivity contribution in [3.05, 3.63) is 65.7 Å². The zero-order valence-electron chi connectivity index (χ0n) is 17.9. The van der Waals surface area contributed by atoms with Crippen molar-refractivity contribution in [1.29, 1.82) is 0 Å². The predicted molar refractivity (Wildman–Crippen MR) is 117 cm³/mol. The van der Waals surface area contributed by atoms with Crippen LogP contribution < -0.4 is 24.8 Å². The molecule has 1 amide bonds. The molecule has 3 N–H and O–H groups in total. The Bertz CT molecular complexity index is 989. The predicted octanol–water partition coefficient (Wildman–Crippen LogP) is 2.81. The van der Waals surface area contributed by atoms with Gasteiger partial charge >= 0.3 is 0 Å². The number of quaternary nitrogens is 1. The van der Waals surface area contributed by atoms with Crippen LogP contribution in [-0.4, -0.2) is 33.8 Å². The number of amides is 1. The largest absolute Gasteiger partial charge is 0.493 e. The Morgan fingerprint density at radius 1 is 0.967 bits per heavy atom. The lowest BCUT2D eigenvalue weighted by Crippen LogP contribution is -2.87. The SMILES string of the molecule is COc1cc(CNC(=O)C[NH2+][C@@H](C)c2cccc3ccccc23)cc(OC)c1OC. The zero-order valence-corrected chi connectivity index (χ0v) is 17.9. The van der Waals surface area contributed by atoms with Gasteiger partial charge in [0.05, 0.1) is 21.3 Å². The maximum atomic E-state index is 12.4. The van der Waals surface area contributed by atoms with Crippen LogP contribution in [0.15, 0.2) is 54.6 Å². The first-order chi connectivity index (χ1) is 14.6. The topological polar surface area (TPSA) is 73.4 Å². The number of nitrogens with one attached hydrogen (secondary N) is 1. The van der Waals surface area contributed by atoms with Crippen molar-refractivity contribution in [2.45, 2.75) is 19.5 Å². The zero-order chi connectivity index (χ0) is 21.5. The third-order valence-corrected chi connectivity index (χ3v) is 5.18. The van der Waals surface area contributed by atoms with E-state index in [1.807, 2.05) is 29.6 Å². The van der Waals surface area contributed by atoms with Crippen molar-refractivity contribution in [2.24, 2.45) is 0 Å². The average molecular weight is 410 g/mol. The van der Waals surface area contributed by atoms with Gasteiger partial charge in [-0.25, -0.2) is 0 Å². The van der Waals surface area contributed by atoms with Gasteiger partial charge in [-0.05, 0) is 35.4 Å². The van der Waals surface area contributed by atoms with Gasteiger partial charge in [0.2, 0.25) is 5.75 Å². The Morgan fingerprint density at radius 3 is 2.30 bits per heavy atom. The summed E-state index contributed by atoms with van der Waals surface area (Å²) in [7, 11) is 4.71. The number of methoxy groups -OCH3 is 3. The number of carbonyl (C=O) groups excluding carboxylic acids is 1. The molecule has 0 spiro atoms. The number of carbonyl (C=O) groups is 1. The quantitative estimate of drug-likeness (QED) is 0.570. The molecule has 0 bridgehead atoms. The highest BCUT2D eigenvalue weighted by atomic mass is 16.5. The van der Waals surface area contributed by atoms with Gasteiger partial charge in [-0.2, -0.15) is 0 Å². The number of hydrogen-bond donors (Lipinski definition) is 2. The van der Waals surface area contributed by atoms with Crippen LogP contribution in [0.25, 0.3) is 10.8 Å². The molecule has 0 aromatic heterocycles. The van der Waals surface area contributed by atoms with Crippen LogP contribution in [0, 0.1) is 0 Å². The molecule has 1 atom stereocenters. The second-order valence-electron chi connectivity index (χ2n) is 7.11. The van der Waals surface area contributed by atoms with E-state index in [2.05, 4.69) is 42.6 Å². The van der Waals surface area contributed by atoms with E-state index in [0.717, 1.165) is 5.56 Å². The van der Waals surface area contributed by atoms with Gasteiger partial charge in [-0.1, -0.05) is 42.5 Å². The molecular formula is C24H29N2O4+. The minimum absolute atomic E-state index is 0.0316. The number of hydrogen-bond acceptors (Lipinski definition) is 4. The van der Waals surface area contributed by atoms with Gasteiger partial charge in [-0.15, -0.1) is 0 Å². The Balaban J connectivity index is 1.60. The van der Waals surface area contributed by atoms with Crippen LogP contribution in [-0.2, 0) is 11.3 Å². The fourth-order valence-corrected chi connectivity index (χ4v) is 3.57. The van der Waals surface area contributed by atoms with E-state index in [-0.39, 0.29) is 11.9 Å². The number of nitrogens with two attached hydrogens (primary N) is 1. The molecule has 0 aliphatic rings. The van der Waals surface area contributed by atoms with Crippen molar-refractivity contribution < 1.29 is 24.3 Å². The summed E-state index contributed by atoms with van der Waals surface area (Å²) in [5.74, 6) is 1.64. The summed E-state index contributed by atoms with van der Waals surface area (Å²) in [6, 6.07) is 18.4. The lowest BCUT2D eigenvalue weighted by atomic mass is 10.00. The number of benzene rings is 3. The smallest absolute Gasteiger partial charge is 0.275 e. The summed E-state index contributed by atoms with van der Waals surface area (Å²) >= 11 is 0. The van der Waals surface area contributed by atoms with E-state index in [4.69, 9.17) is 14.2 Å². The highest BCUT2D eigenvalue weighted by Gasteiger charge is 2.16. The lowest BCUT2D eigenvalue weighted by molar-refractivity contribution is -0.682. The molecule has 0 unspecified atom stereocenters.